The van der Waals surface area contributed by atoms with Gasteiger partial charge in [-0.1, -0.05) is 20.3 Å². The van der Waals surface area contributed by atoms with Crippen LogP contribution in [0.5, 0.6) is 0 Å². The Morgan fingerprint density at radius 3 is 2.77 bits per heavy atom. The summed E-state index contributed by atoms with van der Waals surface area (Å²) in [6.07, 6.45) is 4.60. The lowest BCUT2D eigenvalue weighted by atomic mass is 10.2. The van der Waals surface area contributed by atoms with Crippen LogP contribution in [0.2, 0.25) is 0 Å². The van der Waals surface area contributed by atoms with E-state index in [0.717, 1.165) is 30.5 Å². The normalized spacial score (nSPS) is 12.5. The van der Waals surface area contributed by atoms with Gasteiger partial charge in [0, 0.05) is 15.3 Å². The Morgan fingerprint density at radius 2 is 2.12 bits per heavy atom. The van der Waals surface area contributed by atoms with Crippen molar-refractivity contribution in [1.29, 1.82) is 0 Å². The number of thiophene rings is 1. The monoisotopic (exact) mass is 374 g/mol. The molecule has 0 saturated carbocycles. The van der Waals surface area contributed by atoms with Crippen LogP contribution in [0.1, 0.15) is 42.0 Å². The summed E-state index contributed by atoms with van der Waals surface area (Å²) in [6, 6.07) is 4.17. The first kappa shape index (κ1) is 18.6. The molecule has 1 atom stereocenters. The Hall–Kier alpha value is -2.19. The minimum atomic E-state index is -0.0669. The molecule has 0 spiro atoms. The number of nitrogens with zero attached hydrogens (tertiary/aromatic N) is 4. The molecule has 7 nitrogen and oxygen atoms in total. The van der Waals surface area contributed by atoms with Gasteiger partial charge < -0.3 is 15.7 Å². The zero-order valence-corrected chi connectivity index (χ0v) is 16.3. The third-order valence-corrected chi connectivity index (χ3v) is 5.22. The van der Waals surface area contributed by atoms with E-state index in [1.165, 1.54) is 9.75 Å². The van der Waals surface area contributed by atoms with Crippen LogP contribution >= 0.6 is 11.3 Å². The molecule has 0 saturated heterocycles. The summed E-state index contributed by atoms with van der Waals surface area (Å²) >= 11 is 1.76. The number of aliphatic hydroxyl groups is 1. The highest BCUT2D eigenvalue weighted by molar-refractivity contribution is 7.11. The van der Waals surface area contributed by atoms with Crippen molar-refractivity contribution in [2.75, 3.05) is 17.2 Å². The van der Waals surface area contributed by atoms with Gasteiger partial charge in [0.05, 0.1) is 25.4 Å². The van der Waals surface area contributed by atoms with Crippen LogP contribution < -0.4 is 10.6 Å². The summed E-state index contributed by atoms with van der Waals surface area (Å²) in [5.74, 6) is 1.17. The Labute approximate surface area is 157 Å². The number of anilines is 2. The lowest BCUT2D eigenvalue weighted by Crippen LogP contribution is -2.24. The predicted molar refractivity (Wildman–Crippen MR) is 106 cm³/mol. The van der Waals surface area contributed by atoms with E-state index in [4.69, 9.17) is 0 Å². The molecular formula is C18H26N6OS. The van der Waals surface area contributed by atoms with E-state index in [2.05, 4.69) is 51.7 Å². The Kier molecular flexibility index (Phi) is 6.05. The molecule has 0 aromatic carbocycles. The second-order valence-electron chi connectivity index (χ2n) is 6.32. The minimum Gasteiger partial charge on any atom is -0.394 e. The van der Waals surface area contributed by atoms with Crippen molar-refractivity contribution in [3.63, 3.8) is 0 Å². The van der Waals surface area contributed by atoms with Crippen LogP contribution in [0.3, 0.4) is 0 Å². The van der Waals surface area contributed by atoms with Crippen LogP contribution in [0.25, 0.3) is 5.65 Å². The molecule has 0 aliphatic rings. The number of fused-ring (bicyclic) bond motifs is 1. The summed E-state index contributed by atoms with van der Waals surface area (Å²) in [6.45, 7) is 6.99. The van der Waals surface area contributed by atoms with Gasteiger partial charge in [0.15, 0.2) is 5.65 Å². The van der Waals surface area contributed by atoms with Gasteiger partial charge >= 0.3 is 0 Å². The van der Waals surface area contributed by atoms with E-state index in [1.54, 1.807) is 15.9 Å². The Bertz CT molecular complexity index is 855. The lowest BCUT2D eigenvalue weighted by Gasteiger charge is -2.15. The number of nitrogens with one attached hydrogen (secondary N) is 2. The molecule has 0 aliphatic carbocycles. The molecule has 26 heavy (non-hydrogen) atoms. The first-order valence-electron chi connectivity index (χ1n) is 9.05. The standard InChI is InChI=1S/C18H26N6OS/c1-4-6-13-9-20-24-16(13)22-17(21-14(5-2)11-25)23-18(24)19-10-15-8-7-12(3)26-15/h7-9,14,25H,4-6,10-11H2,1-3H3,(H2,19,21,22,23). The van der Waals surface area contributed by atoms with Gasteiger partial charge in [0.2, 0.25) is 11.9 Å². The molecule has 1 unspecified atom stereocenters. The van der Waals surface area contributed by atoms with Crippen molar-refractivity contribution < 1.29 is 5.11 Å². The molecule has 0 radical (unpaired) electrons. The molecular weight excluding hydrogens is 348 g/mol. The molecule has 0 aliphatic heterocycles. The van der Waals surface area contributed by atoms with Crippen molar-refractivity contribution in [2.24, 2.45) is 0 Å². The third-order valence-electron chi connectivity index (χ3n) is 4.22. The van der Waals surface area contributed by atoms with Crippen LogP contribution in [-0.2, 0) is 13.0 Å². The highest BCUT2D eigenvalue weighted by Crippen LogP contribution is 2.20. The van der Waals surface area contributed by atoms with E-state index < -0.39 is 0 Å². The maximum atomic E-state index is 9.47. The van der Waals surface area contributed by atoms with E-state index in [1.807, 2.05) is 13.1 Å². The summed E-state index contributed by atoms with van der Waals surface area (Å²) in [5, 5.41) is 20.5. The van der Waals surface area contributed by atoms with Gasteiger partial charge in [-0.3, -0.25) is 0 Å². The zero-order chi connectivity index (χ0) is 18.5. The summed E-state index contributed by atoms with van der Waals surface area (Å²) in [7, 11) is 0. The molecule has 140 valence electrons. The fourth-order valence-corrected chi connectivity index (χ4v) is 3.58. The van der Waals surface area contributed by atoms with E-state index in [0.29, 0.717) is 18.4 Å². The number of aryl methyl sites for hydroxylation is 2. The first-order valence-corrected chi connectivity index (χ1v) is 9.87. The van der Waals surface area contributed by atoms with Gasteiger partial charge in [0.1, 0.15) is 0 Å². The average molecular weight is 375 g/mol. The van der Waals surface area contributed by atoms with Crippen molar-refractivity contribution in [3.8, 4) is 0 Å². The first-order chi connectivity index (χ1) is 12.6. The van der Waals surface area contributed by atoms with Gasteiger partial charge in [0.25, 0.3) is 0 Å². The zero-order valence-electron chi connectivity index (χ0n) is 15.5. The second-order valence-corrected chi connectivity index (χ2v) is 7.70. The van der Waals surface area contributed by atoms with Crippen molar-refractivity contribution in [2.45, 2.75) is 52.6 Å². The van der Waals surface area contributed by atoms with Crippen molar-refractivity contribution in [3.05, 3.63) is 33.6 Å². The maximum absolute atomic E-state index is 9.47. The molecule has 0 fully saturated rings. The molecule has 3 heterocycles. The average Bonchev–Trinajstić information content (AvgIpc) is 3.24. The van der Waals surface area contributed by atoms with Crippen LogP contribution in [0.15, 0.2) is 18.3 Å². The van der Waals surface area contributed by atoms with Gasteiger partial charge in [-0.25, -0.2) is 0 Å². The summed E-state index contributed by atoms with van der Waals surface area (Å²) in [4.78, 5) is 11.8. The van der Waals surface area contributed by atoms with Gasteiger partial charge in [-0.15, -0.1) is 11.3 Å². The number of aromatic nitrogens is 4. The van der Waals surface area contributed by atoms with Gasteiger partial charge in [-0.2, -0.15) is 19.6 Å². The van der Waals surface area contributed by atoms with Crippen molar-refractivity contribution in [1.82, 2.24) is 19.6 Å². The second kappa shape index (κ2) is 8.46. The number of hydrogen-bond donors (Lipinski definition) is 3. The van der Waals surface area contributed by atoms with Crippen LogP contribution in [-0.4, -0.2) is 37.3 Å². The van der Waals surface area contributed by atoms with Gasteiger partial charge in [-0.05, 0) is 31.9 Å². The summed E-state index contributed by atoms with van der Waals surface area (Å²) in [5.41, 5.74) is 1.91. The SMILES string of the molecule is CCCc1cnn2c(NCc3ccc(C)s3)nc(NC(CC)CO)nc12. The van der Waals surface area contributed by atoms with E-state index in [9.17, 15) is 5.11 Å². The minimum absolute atomic E-state index is 0.0450. The number of rotatable bonds is 9. The smallest absolute Gasteiger partial charge is 0.229 e. The summed E-state index contributed by atoms with van der Waals surface area (Å²) < 4.78 is 1.76. The maximum Gasteiger partial charge on any atom is 0.229 e. The number of hydrogen-bond acceptors (Lipinski definition) is 7. The van der Waals surface area contributed by atoms with E-state index >= 15 is 0 Å². The Morgan fingerprint density at radius 1 is 1.27 bits per heavy atom. The lowest BCUT2D eigenvalue weighted by molar-refractivity contribution is 0.271. The quantitative estimate of drug-likeness (QED) is 0.533. The fraction of sp³-hybridized carbons (Fsp3) is 0.500. The van der Waals surface area contributed by atoms with Crippen molar-refractivity contribution >= 4 is 28.9 Å². The topological polar surface area (TPSA) is 87.4 Å². The molecule has 8 heteroatoms. The Balaban J connectivity index is 1.93. The fourth-order valence-electron chi connectivity index (χ4n) is 2.75. The molecule has 3 N–H and O–H groups in total. The van der Waals surface area contributed by atoms with Crippen LogP contribution in [0, 0.1) is 6.92 Å². The van der Waals surface area contributed by atoms with Crippen LogP contribution in [0.4, 0.5) is 11.9 Å². The highest BCUT2D eigenvalue weighted by atomic mass is 32.1. The highest BCUT2D eigenvalue weighted by Gasteiger charge is 2.15. The molecule has 0 amide bonds. The largest absolute Gasteiger partial charge is 0.394 e. The number of aliphatic hydroxyl groups excluding tert-OH is 1. The molecule has 0 bridgehead atoms. The molecule has 3 aromatic rings. The molecule has 3 aromatic heterocycles. The third kappa shape index (κ3) is 4.13. The predicted octanol–water partition coefficient (Wildman–Crippen LogP) is 3.24. The van der Waals surface area contributed by atoms with E-state index in [-0.39, 0.29) is 12.6 Å². The molecule has 3 rings (SSSR count).